The molecule has 6 heteroatoms. The van der Waals surface area contributed by atoms with Gasteiger partial charge in [-0.05, 0) is 57.8 Å². The number of hydrogen-bond donors (Lipinski definition) is 1. The van der Waals surface area contributed by atoms with Crippen molar-refractivity contribution in [3.8, 4) is 5.69 Å². The molecule has 1 aromatic heterocycles. The average Bonchev–Trinajstić information content (AvgIpc) is 3.01. The number of amides is 1. The molecule has 0 radical (unpaired) electrons. The van der Waals surface area contributed by atoms with Crippen molar-refractivity contribution in [1.29, 1.82) is 0 Å². The molecule has 0 saturated carbocycles. The monoisotopic (exact) mass is 360 g/mol. The minimum atomic E-state index is 0.0721. The van der Waals surface area contributed by atoms with E-state index in [4.69, 9.17) is 11.6 Å². The summed E-state index contributed by atoms with van der Waals surface area (Å²) >= 11 is 6.26. The van der Waals surface area contributed by atoms with Crippen molar-refractivity contribution in [3.63, 3.8) is 0 Å². The standard InChI is InChI=1S/C19H25ClN4O/c1-14-16(13-22-24(14)18-6-4-3-5-17(18)20)19(25)23-11-8-15(9-12-23)7-10-21-2/h3-6,13,15,21H,7-12H2,1-2H3. The van der Waals surface area contributed by atoms with E-state index in [9.17, 15) is 4.79 Å². The number of likely N-dealkylation sites (tertiary alicyclic amines) is 1. The quantitative estimate of drug-likeness (QED) is 0.890. The topological polar surface area (TPSA) is 50.2 Å². The normalized spacial score (nSPS) is 15.6. The van der Waals surface area contributed by atoms with Crippen LogP contribution in [0, 0.1) is 12.8 Å². The lowest BCUT2D eigenvalue weighted by Crippen LogP contribution is -2.39. The molecule has 0 atom stereocenters. The third-order valence-electron chi connectivity index (χ3n) is 5.03. The van der Waals surface area contributed by atoms with Crippen LogP contribution >= 0.6 is 11.6 Å². The summed E-state index contributed by atoms with van der Waals surface area (Å²) in [4.78, 5) is 14.9. The van der Waals surface area contributed by atoms with Gasteiger partial charge in [0.2, 0.25) is 0 Å². The lowest BCUT2D eigenvalue weighted by atomic mass is 9.93. The third-order valence-corrected chi connectivity index (χ3v) is 5.34. The van der Waals surface area contributed by atoms with Gasteiger partial charge in [0.25, 0.3) is 5.91 Å². The number of carbonyl (C=O) groups excluding carboxylic acids is 1. The van der Waals surface area contributed by atoms with Gasteiger partial charge in [0, 0.05) is 13.1 Å². The fourth-order valence-electron chi connectivity index (χ4n) is 3.43. The number of halogens is 1. The minimum Gasteiger partial charge on any atom is -0.339 e. The van der Waals surface area contributed by atoms with Crippen LogP contribution in [0.1, 0.15) is 35.3 Å². The zero-order chi connectivity index (χ0) is 17.8. The Morgan fingerprint density at radius 2 is 2.04 bits per heavy atom. The van der Waals surface area contributed by atoms with E-state index in [0.717, 1.165) is 43.9 Å². The first-order chi connectivity index (χ1) is 12.1. The maximum absolute atomic E-state index is 12.9. The van der Waals surface area contributed by atoms with Crippen LogP contribution in [0.4, 0.5) is 0 Å². The average molecular weight is 361 g/mol. The molecule has 0 spiro atoms. The maximum Gasteiger partial charge on any atom is 0.257 e. The van der Waals surface area contributed by atoms with E-state index in [1.54, 1.807) is 10.9 Å². The Labute approximate surface area is 154 Å². The van der Waals surface area contributed by atoms with Gasteiger partial charge < -0.3 is 10.2 Å². The van der Waals surface area contributed by atoms with E-state index >= 15 is 0 Å². The zero-order valence-electron chi connectivity index (χ0n) is 14.8. The van der Waals surface area contributed by atoms with Gasteiger partial charge >= 0.3 is 0 Å². The predicted molar refractivity (Wildman–Crippen MR) is 100 cm³/mol. The van der Waals surface area contributed by atoms with Crippen LogP contribution in [0.15, 0.2) is 30.5 Å². The highest BCUT2D eigenvalue weighted by molar-refractivity contribution is 6.32. The molecule has 1 aliphatic heterocycles. The maximum atomic E-state index is 12.9. The van der Waals surface area contributed by atoms with Gasteiger partial charge in [0.05, 0.1) is 28.2 Å². The number of nitrogens with one attached hydrogen (secondary N) is 1. The van der Waals surface area contributed by atoms with Crippen molar-refractivity contribution in [2.75, 3.05) is 26.7 Å². The first kappa shape index (κ1) is 18.0. The van der Waals surface area contributed by atoms with Gasteiger partial charge in [-0.1, -0.05) is 23.7 Å². The Balaban J connectivity index is 1.71. The number of benzene rings is 1. The van der Waals surface area contributed by atoms with E-state index in [2.05, 4.69) is 10.4 Å². The molecule has 5 nitrogen and oxygen atoms in total. The van der Waals surface area contributed by atoms with E-state index < -0.39 is 0 Å². The van der Waals surface area contributed by atoms with Crippen molar-refractivity contribution in [1.82, 2.24) is 20.0 Å². The fourth-order valence-corrected chi connectivity index (χ4v) is 3.65. The molecule has 2 heterocycles. The number of para-hydroxylation sites is 1. The van der Waals surface area contributed by atoms with Crippen molar-refractivity contribution < 1.29 is 4.79 Å². The number of rotatable bonds is 5. The van der Waals surface area contributed by atoms with Gasteiger partial charge in [0.1, 0.15) is 0 Å². The predicted octanol–water partition coefficient (Wildman–Crippen LogP) is 3.30. The SMILES string of the molecule is CNCCC1CCN(C(=O)c2cnn(-c3ccccc3Cl)c2C)CC1. The van der Waals surface area contributed by atoms with Gasteiger partial charge in [-0.15, -0.1) is 0 Å². The molecule has 1 fully saturated rings. The molecule has 0 bridgehead atoms. The highest BCUT2D eigenvalue weighted by Gasteiger charge is 2.26. The summed E-state index contributed by atoms with van der Waals surface area (Å²) < 4.78 is 1.75. The Morgan fingerprint density at radius 3 is 2.72 bits per heavy atom. The minimum absolute atomic E-state index is 0.0721. The molecule has 1 amide bonds. The third kappa shape index (κ3) is 3.88. The van der Waals surface area contributed by atoms with Crippen LogP contribution in [-0.4, -0.2) is 47.3 Å². The fraction of sp³-hybridized carbons (Fsp3) is 0.474. The van der Waals surface area contributed by atoms with E-state index in [-0.39, 0.29) is 5.91 Å². The Bertz CT molecular complexity index is 735. The Kier molecular flexibility index (Phi) is 5.76. The first-order valence-electron chi connectivity index (χ1n) is 8.85. The molecular weight excluding hydrogens is 336 g/mol. The van der Waals surface area contributed by atoms with Gasteiger partial charge in [-0.3, -0.25) is 4.79 Å². The number of aromatic nitrogens is 2. The van der Waals surface area contributed by atoms with E-state index in [1.165, 1.54) is 6.42 Å². The molecule has 25 heavy (non-hydrogen) atoms. The Morgan fingerprint density at radius 1 is 1.32 bits per heavy atom. The van der Waals surface area contributed by atoms with E-state index in [1.807, 2.05) is 43.1 Å². The highest BCUT2D eigenvalue weighted by Crippen LogP contribution is 2.25. The molecule has 134 valence electrons. The first-order valence-corrected chi connectivity index (χ1v) is 9.23. The smallest absolute Gasteiger partial charge is 0.257 e. The molecule has 1 aliphatic rings. The lowest BCUT2D eigenvalue weighted by molar-refractivity contribution is 0.0686. The van der Waals surface area contributed by atoms with Crippen molar-refractivity contribution in [2.45, 2.75) is 26.2 Å². The summed E-state index contributed by atoms with van der Waals surface area (Å²) in [7, 11) is 1.98. The van der Waals surface area contributed by atoms with Crippen molar-refractivity contribution in [3.05, 3.63) is 46.7 Å². The molecule has 1 N–H and O–H groups in total. The summed E-state index contributed by atoms with van der Waals surface area (Å²) in [6.07, 6.45) is 4.99. The molecular formula is C19H25ClN4O. The van der Waals surface area contributed by atoms with Crippen molar-refractivity contribution in [2.24, 2.45) is 5.92 Å². The van der Waals surface area contributed by atoms with Gasteiger partial charge in [-0.2, -0.15) is 5.10 Å². The number of piperidine rings is 1. The Hall–Kier alpha value is -1.85. The molecule has 2 aromatic rings. The molecule has 0 unspecified atom stereocenters. The lowest BCUT2D eigenvalue weighted by Gasteiger charge is -2.32. The summed E-state index contributed by atoms with van der Waals surface area (Å²) in [6, 6.07) is 7.54. The van der Waals surface area contributed by atoms with Crippen LogP contribution in [0.3, 0.4) is 0 Å². The van der Waals surface area contributed by atoms with Gasteiger partial charge in [-0.25, -0.2) is 4.68 Å². The number of hydrogen-bond acceptors (Lipinski definition) is 3. The van der Waals surface area contributed by atoms with E-state index in [0.29, 0.717) is 16.5 Å². The second kappa shape index (κ2) is 8.02. The highest BCUT2D eigenvalue weighted by atomic mass is 35.5. The van der Waals surface area contributed by atoms with Crippen LogP contribution in [0.25, 0.3) is 5.69 Å². The van der Waals surface area contributed by atoms with Crippen LogP contribution < -0.4 is 5.32 Å². The number of carbonyl (C=O) groups is 1. The molecule has 0 aliphatic carbocycles. The molecule has 1 aromatic carbocycles. The second-order valence-electron chi connectivity index (χ2n) is 6.63. The van der Waals surface area contributed by atoms with Gasteiger partial charge in [0.15, 0.2) is 0 Å². The second-order valence-corrected chi connectivity index (χ2v) is 7.04. The van der Waals surface area contributed by atoms with Crippen LogP contribution in [0.2, 0.25) is 5.02 Å². The molecule has 3 rings (SSSR count). The largest absolute Gasteiger partial charge is 0.339 e. The summed E-state index contributed by atoms with van der Waals surface area (Å²) in [5.41, 5.74) is 2.29. The number of nitrogens with zero attached hydrogens (tertiary/aromatic N) is 3. The summed E-state index contributed by atoms with van der Waals surface area (Å²) in [6.45, 7) is 4.61. The summed E-state index contributed by atoms with van der Waals surface area (Å²) in [5.74, 6) is 0.784. The molecule has 1 saturated heterocycles. The van der Waals surface area contributed by atoms with Crippen LogP contribution in [0.5, 0.6) is 0 Å². The van der Waals surface area contributed by atoms with Crippen molar-refractivity contribution >= 4 is 17.5 Å². The summed E-state index contributed by atoms with van der Waals surface area (Å²) in [5, 5.41) is 8.22. The zero-order valence-corrected chi connectivity index (χ0v) is 15.6. The van der Waals surface area contributed by atoms with Crippen LogP contribution in [-0.2, 0) is 0 Å².